The van der Waals surface area contributed by atoms with E-state index in [0.717, 1.165) is 19.5 Å². The van der Waals surface area contributed by atoms with Gasteiger partial charge in [-0.2, -0.15) is 0 Å². The normalized spacial score (nSPS) is 24.6. The van der Waals surface area contributed by atoms with E-state index in [1.165, 1.54) is 5.56 Å². The number of benzene rings is 1. The summed E-state index contributed by atoms with van der Waals surface area (Å²) < 4.78 is 0. The van der Waals surface area contributed by atoms with E-state index in [2.05, 4.69) is 48.0 Å². The van der Waals surface area contributed by atoms with E-state index in [1.807, 2.05) is 6.07 Å². The van der Waals surface area contributed by atoms with Crippen LogP contribution in [0.15, 0.2) is 35.3 Å². The average molecular weight is 217 g/mol. The number of nitrogens with zero attached hydrogens (tertiary/aromatic N) is 2. The molecule has 1 atom stereocenters. The van der Waals surface area contributed by atoms with Gasteiger partial charge >= 0.3 is 0 Å². The van der Waals surface area contributed by atoms with Crippen molar-refractivity contribution in [1.29, 1.82) is 0 Å². The summed E-state index contributed by atoms with van der Waals surface area (Å²) >= 11 is 0. The molecule has 3 heteroatoms. The summed E-state index contributed by atoms with van der Waals surface area (Å²) in [4.78, 5) is 6.60. The van der Waals surface area contributed by atoms with Gasteiger partial charge in [-0.15, -0.1) is 0 Å². The van der Waals surface area contributed by atoms with Crippen LogP contribution in [0.1, 0.15) is 25.8 Å². The Morgan fingerprint density at radius 3 is 2.69 bits per heavy atom. The van der Waals surface area contributed by atoms with Crippen LogP contribution in [0.2, 0.25) is 0 Å². The van der Waals surface area contributed by atoms with Crippen LogP contribution in [0.3, 0.4) is 0 Å². The van der Waals surface area contributed by atoms with Crippen LogP contribution in [-0.4, -0.2) is 23.9 Å². The minimum Gasteiger partial charge on any atom is -0.370 e. The predicted molar refractivity (Wildman–Crippen MR) is 67.3 cm³/mol. The molecule has 0 aromatic heterocycles. The van der Waals surface area contributed by atoms with Crippen LogP contribution in [0.4, 0.5) is 0 Å². The molecule has 16 heavy (non-hydrogen) atoms. The molecule has 1 aliphatic rings. The smallest absolute Gasteiger partial charge is 0.192 e. The number of hydrogen-bond donors (Lipinski definition) is 1. The van der Waals surface area contributed by atoms with Crippen molar-refractivity contribution < 1.29 is 0 Å². The van der Waals surface area contributed by atoms with E-state index in [0.29, 0.717) is 5.96 Å². The van der Waals surface area contributed by atoms with E-state index in [4.69, 9.17) is 5.73 Å². The third kappa shape index (κ3) is 1.66. The summed E-state index contributed by atoms with van der Waals surface area (Å²) in [5.74, 6) is 0.674. The highest BCUT2D eigenvalue weighted by molar-refractivity contribution is 5.81. The highest BCUT2D eigenvalue weighted by Crippen LogP contribution is 2.32. The molecule has 0 bridgehead atoms. The maximum atomic E-state index is 5.95. The molecule has 2 rings (SSSR count). The fraction of sp³-hybridized carbons (Fsp3) is 0.462. The van der Waals surface area contributed by atoms with Gasteiger partial charge in [-0.1, -0.05) is 37.3 Å². The standard InChI is InChI=1S/C13H19N3/c1-3-9-16-12(14)15-10-13(16,2)11-7-5-4-6-8-11/h4-8H,3,9-10H2,1-2H3,(H2,14,15). The van der Waals surface area contributed by atoms with Gasteiger partial charge in [0.05, 0.1) is 12.1 Å². The van der Waals surface area contributed by atoms with E-state index in [1.54, 1.807) is 0 Å². The third-order valence-corrected chi connectivity index (χ3v) is 3.26. The van der Waals surface area contributed by atoms with E-state index in [9.17, 15) is 0 Å². The van der Waals surface area contributed by atoms with Crippen LogP contribution in [0, 0.1) is 0 Å². The van der Waals surface area contributed by atoms with Crippen molar-refractivity contribution >= 4 is 5.96 Å². The number of hydrogen-bond acceptors (Lipinski definition) is 3. The van der Waals surface area contributed by atoms with E-state index in [-0.39, 0.29) is 5.54 Å². The van der Waals surface area contributed by atoms with Crippen LogP contribution in [0.25, 0.3) is 0 Å². The van der Waals surface area contributed by atoms with E-state index < -0.39 is 0 Å². The Morgan fingerprint density at radius 1 is 1.38 bits per heavy atom. The molecule has 1 aromatic rings. The Labute approximate surface area is 97.0 Å². The molecule has 0 spiro atoms. The summed E-state index contributed by atoms with van der Waals surface area (Å²) in [6, 6.07) is 10.5. The number of rotatable bonds is 3. The van der Waals surface area contributed by atoms with Gasteiger partial charge in [-0.3, -0.25) is 4.99 Å². The summed E-state index contributed by atoms with van der Waals surface area (Å²) in [5.41, 5.74) is 7.17. The number of guanidine groups is 1. The molecule has 1 unspecified atom stereocenters. The molecule has 0 radical (unpaired) electrons. The molecule has 0 aliphatic carbocycles. The molecular formula is C13H19N3. The Balaban J connectivity index is 2.32. The van der Waals surface area contributed by atoms with Gasteiger partial charge in [0.25, 0.3) is 0 Å². The third-order valence-electron chi connectivity index (χ3n) is 3.26. The summed E-state index contributed by atoms with van der Waals surface area (Å²) in [6.45, 7) is 6.09. The largest absolute Gasteiger partial charge is 0.370 e. The molecule has 0 saturated heterocycles. The Hall–Kier alpha value is -1.51. The minimum absolute atomic E-state index is 0.0681. The average Bonchev–Trinajstić information content (AvgIpc) is 2.60. The molecule has 2 N–H and O–H groups in total. The first-order chi connectivity index (χ1) is 7.68. The first kappa shape index (κ1) is 11.0. The van der Waals surface area contributed by atoms with Crippen LogP contribution < -0.4 is 5.73 Å². The first-order valence-corrected chi connectivity index (χ1v) is 5.81. The maximum Gasteiger partial charge on any atom is 0.192 e. The van der Waals surface area contributed by atoms with Crippen molar-refractivity contribution in [2.24, 2.45) is 10.7 Å². The van der Waals surface area contributed by atoms with Crippen molar-refractivity contribution in [3.05, 3.63) is 35.9 Å². The highest BCUT2D eigenvalue weighted by atomic mass is 15.3. The van der Waals surface area contributed by atoms with Gasteiger partial charge in [-0.05, 0) is 18.9 Å². The van der Waals surface area contributed by atoms with Crippen molar-refractivity contribution in [3.63, 3.8) is 0 Å². The topological polar surface area (TPSA) is 41.6 Å². The van der Waals surface area contributed by atoms with Crippen LogP contribution >= 0.6 is 0 Å². The SMILES string of the molecule is CCCN1C(N)=NCC1(C)c1ccccc1. The molecule has 1 aromatic carbocycles. The zero-order valence-corrected chi connectivity index (χ0v) is 9.98. The van der Waals surface area contributed by atoms with Gasteiger partial charge in [0.2, 0.25) is 0 Å². The monoisotopic (exact) mass is 217 g/mol. The lowest BCUT2D eigenvalue weighted by Crippen LogP contribution is -2.47. The van der Waals surface area contributed by atoms with Gasteiger partial charge < -0.3 is 10.6 Å². The molecule has 0 saturated carbocycles. The lowest BCUT2D eigenvalue weighted by atomic mass is 9.91. The molecule has 86 valence electrons. The summed E-state index contributed by atoms with van der Waals surface area (Å²) in [6.07, 6.45) is 1.08. The number of nitrogens with two attached hydrogens (primary N) is 1. The second-order valence-electron chi connectivity index (χ2n) is 4.47. The van der Waals surface area contributed by atoms with Crippen molar-refractivity contribution in [3.8, 4) is 0 Å². The van der Waals surface area contributed by atoms with Gasteiger partial charge in [0.1, 0.15) is 0 Å². The quantitative estimate of drug-likeness (QED) is 0.840. The van der Waals surface area contributed by atoms with Gasteiger partial charge in [0.15, 0.2) is 5.96 Å². The zero-order valence-electron chi connectivity index (χ0n) is 9.98. The Morgan fingerprint density at radius 2 is 2.06 bits per heavy atom. The molecule has 1 aliphatic heterocycles. The predicted octanol–water partition coefficient (Wildman–Crippen LogP) is 1.94. The van der Waals surface area contributed by atoms with Crippen molar-refractivity contribution in [1.82, 2.24) is 4.90 Å². The Kier molecular flexibility index (Phi) is 2.86. The second kappa shape index (κ2) is 4.16. The lowest BCUT2D eigenvalue weighted by molar-refractivity contribution is 0.225. The van der Waals surface area contributed by atoms with Crippen molar-refractivity contribution in [2.75, 3.05) is 13.1 Å². The van der Waals surface area contributed by atoms with Crippen LogP contribution in [0.5, 0.6) is 0 Å². The first-order valence-electron chi connectivity index (χ1n) is 5.81. The summed E-state index contributed by atoms with van der Waals surface area (Å²) in [5, 5.41) is 0. The molecule has 1 heterocycles. The van der Waals surface area contributed by atoms with Gasteiger partial charge in [0, 0.05) is 6.54 Å². The minimum atomic E-state index is -0.0681. The number of aliphatic imine (C=N–C) groups is 1. The molecule has 0 amide bonds. The fourth-order valence-corrected chi connectivity index (χ4v) is 2.29. The van der Waals surface area contributed by atoms with Crippen LogP contribution in [-0.2, 0) is 5.54 Å². The maximum absolute atomic E-state index is 5.95. The molecule has 3 nitrogen and oxygen atoms in total. The lowest BCUT2D eigenvalue weighted by Gasteiger charge is -2.36. The molecular weight excluding hydrogens is 198 g/mol. The van der Waals surface area contributed by atoms with Gasteiger partial charge in [-0.25, -0.2) is 0 Å². The highest BCUT2D eigenvalue weighted by Gasteiger charge is 2.38. The second-order valence-corrected chi connectivity index (χ2v) is 4.47. The zero-order chi connectivity index (χ0) is 11.6. The van der Waals surface area contributed by atoms with E-state index >= 15 is 0 Å². The summed E-state index contributed by atoms with van der Waals surface area (Å²) in [7, 11) is 0. The fourth-order valence-electron chi connectivity index (χ4n) is 2.29. The Bertz CT molecular complexity index is 385. The molecule has 0 fully saturated rings. The van der Waals surface area contributed by atoms with Crippen molar-refractivity contribution in [2.45, 2.75) is 25.8 Å².